The average Bonchev–Trinajstić information content (AvgIpc) is 2.39. The van der Waals surface area contributed by atoms with Crippen LogP contribution in [0.1, 0.15) is 32.1 Å². The Morgan fingerprint density at radius 3 is 2.78 bits per heavy atom. The first-order valence-electron chi connectivity index (χ1n) is 7.65. The summed E-state index contributed by atoms with van der Waals surface area (Å²) in [5.74, 6) is 0. The Balaban J connectivity index is 1.54. The molecule has 3 saturated heterocycles. The Labute approximate surface area is 110 Å². The zero-order valence-corrected chi connectivity index (χ0v) is 11.4. The molecule has 0 saturated carbocycles. The van der Waals surface area contributed by atoms with E-state index in [4.69, 9.17) is 0 Å². The minimum absolute atomic E-state index is 0.428. The summed E-state index contributed by atoms with van der Waals surface area (Å²) in [4.78, 5) is 5.17. The van der Waals surface area contributed by atoms with E-state index >= 15 is 0 Å². The quantitative estimate of drug-likeness (QED) is 0.741. The molecule has 104 valence electrons. The van der Waals surface area contributed by atoms with Crippen molar-refractivity contribution in [2.75, 3.05) is 45.8 Å². The summed E-state index contributed by atoms with van der Waals surface area (Å²) < 4.78 is 0. The molecule has 1 atom stereocenters. The summed E-state index contributed by atoms with van der Waals surface area (Å²) in [5, 5.41) is 14.0. The first kappa shape index (κ1) is 12.9. The molecular weight excluding hydrogens is 226 g/mol. The molecule has 0 spiro atoms. The standard InChI is InChI=1S/C14H27N3O/c18-14(4-6-15-7-5-14)12-16-9-10-17-8-2-1-3-13(17)11-16/h13,15,18H,1-12H2. The number of nitrogens with one attached hydrogen (secondary N) is 1. The van der Waals surface area contributed by atoms with Crippen molar-refractivity contribution in [3.05, 3.63) is 0 Å². The number of β-amino-alcohol motifs (C(OH)–C–C–N with tert-alkyl or cyclic N) is 1. The molecule has 3 aliphatic heterocycles. The van der Waals surface area contributed by atoms with Gasteiger partial charge in [0, 0.05) is 32.2 Å². The van der Waals surface area contributed by atoms with Gasteiger partial charge in [-0.3, -0.25) is 9.80 Å². The van der Waals surface area contributed by atoms with Gasteiger partial charge in [-0.05, 0) is 45.3 Å². The third-order valence-electron chi connectivity index (χ3n) is 4.97. The Hall–Kier alpha value is -0.160. The summed E-state index contributed by atoms with van der Waals surface area (Å²) in [6, 6.07) is 0.762. The minimum atomic E-state index is -0.428. The number of piperazine rings is 1. The summed E-state index contributed by atoms with van der Waals surface area (Å²) in [7, 11) is 0. The number of fused-ring (bicyclic) bond motifs is 1. The van der Waals surface area contributed by atoms with Crippen LogP contribution in [0.2, 0.25) is 0 Å². The molecule has 3 heterocycles. The van der Waals surface area contributed by atoms with E-state index in [9.17, 15) is 5.11 Å². The van der Waals surface area contributed by atoms with Crippen molar-refractivity contribution in [2.45, 2.75) is 43.7 Å². The SMILES string of the molecule is OC1(CN2CCN3CCCCC3C2)CCNCC1. The van der Waals surface area contributed by atoms with E-state index in [1.807, 2.05) is 0 Å². The highest BCUT2D eigenvalue weighted by atomic mass is 16.3. The van der Waals surface area contributed by atoms with Crippen molar-refractivity contribution in [1.29, 1.82) is 0 Å². The molecule has 0 aromatic carbocycles. The Kier molecular flexibility index (Phi) is 3.89. The van der Waals surface area contributed by atoms with Gasteiger partial charge in [-0.25, -0.2) is 0 Å². The highest BCUT2D eigenvalue weighted by Crippen LogP contribution is 2.24. The zero-order valence-electron chi connectivity index (χ0n) is 11.4. The maximum absolute atomic E-state index is 10.6. The minimum Gasteiger partial charge on any atom is -0.388 e. The molecule has 3 fully saturated rings. The van der Waals surface area contributed by atoms with Gasteiger partial charge in [0.2, 0.25) is 0 Å². The van der Waals surface area contributed by atoms with Gasteiger partial charge in [-0.15, -0.1) is 0 Å². The highest BCUT2D eigenvalue weighted by molar-refractivity contribution is 4.91. The van der Waals surface area contributed by atoms with Crippen LogP contribution >= 0.6 is 0 Å². The third-order valence-corrected chi connectivity index (χ3v) is 4.97. The van der Waals surface area contributed by atoms with Crippen LogP contribution in [0.3, 0.4) is 0 Å². The highest BCUT2D eigenvalue weighted by Gasteiger charge is 2.35. The molecule has 0 aliphatic carbocycles. The molecule has 0 radical (unpaired) electrons. The van der Waals surface area contributed by atoms with Gasteiger partial charge in [-0.1, -0.05) is 6.42 Å². The lowest BCUT2D eigenvalue weighted by Crippen LogP contribution is -2.58. The maximum atomic E-state index is 10.6. The normalized spacial score (nSPS) is 34.2. The molecule has 0 amide bonds. The van der Waals surface area contributed by atoms with Crippen LogP contribution in [0, 0.1) is 0 Å². The van der Waals surface area contributed by atoms with E-state index in [0.29, 0.717) is 0 Å². The van der Waals surface area contributed by atoms with Gasteiger partial charge in [0.15, 0.2) is 0 Å². The van der Waals surface area contributed by atoms with E-state index in [2.05, 4.69) is 15.1 Å². The third kappa shape index (κ3) is 2.87. The Morgan fingerprint density at radius 2 is 1.94 bits per heavy atom. The summed E-state index contributed by atoms with van der Waals surface area (Å²) in [6.45, 7) is 7.66. The first-order chi connectivity index (χ1) is 8.75. The van der Waals surface area contributed by atoms with Crippen LogP contribution in [0.4, 0.5) is 0 Å². The molecule has 0 aromatic rings. The van der Waals surface area contributed by atoms with Crippen molar-refractivity contribution in [2.24, 2.45) is 0 Å². The lowest BCUT2D eigenvalue weighted by atomic mass is 9.90. The molecule has 18 heavy (non-hydrogen) atoms. The van der Waals surface area contributed by atoms with Crippen molar-refractivity contribution in [1.82, 2.24) is 15.1 Å². The van der Waals surface area contributed by atoms with Crippen LogP contribution < -0.4 is 5.32 Å². The number of rotatable bonds is 2. The van der Waals surface area contributed by atoms with E-state index in [1.54, 1.807) is 0 Å². The number of aliphatic hydroxyl groups is 1. The number of piperidine rings is 2. The maximum Gasteiger partial charge on any atom is 0.0798 e. The lowest BCUT2D eigenvalue weighted by Gasteiger charge is -2.46. The molecule has 4 nitrogen and oxygen atoms in total. The summed E-state index contributed by atoms with van der Waals surface area (Å²) >= 11 is 0. The molecule has 3 aliphatic rings. The smallest absolute Gasteiger partial charge is 0.0798 e. The predicted octanol–water partition coefficient (Wildman–Crippen LogP) is 0.271. The second-order valence-corrected chi connectivity index (χ2v) is 6.40. The van der Waals surface area contributed by atoms with Gasteiger partial charge in [0.25, 0.3) is 0 Å². The van der Waals surface area contributed by atoms with E-state index in [0.717, 1.165) is 45.1 Å². The van der Waals surface area contributed by atoms with Gasteiger partial charge in [0.1, 0.15) is 0 Å². The predicted molar refractivity (Wildman–Crippen MR) is 72.7 cm³/mol. The second-order valence-electron chi connectivity index (χ2n) is 6.40. The van der Waals surface area contributed by atoms with Crippen LogP contribution in [-0.2, 0) is 0 Å². The lowest BCUT2D eigenvalue weighted by molar-refractivity contribution is -0.0437. The van der Waals surface area contributed by atoms with Crippen molar-refractivity contribution in [3.63, 3.8) is 0 Å². The number of nitrogens with zero attached hydrogens (tertiary/aromatic N) is 2. The molecule has 4 heteroatoms. The fourth-order valence-corrected chi connectivity index (χ4v) is 3.83. The van der Waals surface area contributed by atoms with Crippen molar-refractivity contribution < 1.29 is 5.11 Å². The van der Waals surface area contributed by atoms with Gasteiger partial charge in [0.05, 0.1) is 5.60 Å². The fourth-order valence-electron chi connectivity index (χ4n) is 3.83. The molecule has 2 N–H and O–H groups in total. The van der Waals surface area contributed by atoms with Crippen LogP contribution in [0.5, 0.6) is 0 Å². The summed E-state index contributed by atoms with van der Waals surface area (Å²) in [5.41, 5.74) is -0.428. The van der Waals surface area contributed by atoms with Gasteiger partial charge < -0.3 is 10.4 Å². The topological polar surface area (TPSA) is 38.7 Å². The van der Waals surface area contributed by atoms with E-state index in [1.165, 1.54) is 38.9 Å². The Bertz CT molecular complexity index is 278. The van der Waals surface area contributed by atoms with E-state index in [-0.39, 0.29) is 0 Å². The molecule has 1 unspecified atom stereocenters. The average molecular weight is 253 g/mol. The second kappa shape index (κ2) is 5.45. The molecule has 0 bridgehead atoms. The monoisotopic (exact) mass is 253 g/mol. The van der Waals surface area contributed by atoms with Crippen molar-refractivity contribution in [3.8, 4) is 0 Å². The van der Waals surface area contributed by atoms with Crippen LogP contribution in [0.15, 0.2) is 0 Å². The largest absolute Gasteiger partial charge is 0.388 e. The number of hydrogen-bond acceptors (Lipinski definition) is 4. The van der Waals surface area contributed by atoms with Gasteiger partial charge >= 0.3 is 0 Å². The van der Waals surface area contributed by atoms with Crippen LogP contribution in [0.25, 0.3) is 0 Å². The fraction of sp³-hybridized carbons (Fsp3) is 1.00. The summed E-state index contributed by atoms with van der Waals surface area (Å²) in [6.07, 6.45) is 5.96. The van der Waals surface area contributed by atoms with E-state index < -0.39 is 5.60 Å². The van der Waals surface area contributed by atoms with Gasteiger partial charge in [-0.2, -0.15) is 0 Å². The molecule has 0 aromatic heterocycles. The first-order valence-corrected chi connectivity index (χ1v) is 7.65. The molecular formula is C14H27N3O. The Morgan fingerprint density at radius 1 is 1.11 bits per heavy atom. The molecule has 3 rings (SSSR count). The number of hydrogen-bond donors (Lipinski definition) is 2. The van der Waals surface area contributed by atoms with Crippen LogP contribution in [-0.4, -0.2) is 72.4 Å². The zero-order chi connectivity index (χ0) is 12.4. The van der Waals surface area contributed by atoms with Crippen molar-refractivity contribution >= 4 is 0 Å².